The van der Waals surface area contributed by atoms with Gasteiger partial charge in [-0.3, -0.25) is 14.2 Å². The molecular formula is C17H18N2O3S. The average molecular weight is 330 g/mol. The Balaban J connectivity index is 2.62. The molecule has 0 aromatic carbocycles. The summed E-state index contributed by atoms with van der Waals surface area (Å²) in [6.07, 6.45) is 2.56. The summed E-state index contributed by atoms with van der Waals surface area (Å²) in [6.45, 7) is 3.85. The zero-order valence-electron chi connectivity index (χ0n) is 13.1. The van der Waals surface area contributed by atoms with Crippen LogP contribution in [0.2, 0.25) is 0 Å². The zero-order chi connectivity index (χ0) is 17.0. The van der Waals surface area contributed by atoms with Crippen LogP contribution in [0.15, 0.2) is 22.3 Å². The fourth-order valence-corrected chi connectivity index (χ4v) is 3.15. The fourth-order valence-electron chi connectivity index (χ4n) is 2.48. The van der Waals surface area contributed by atoms with Crippen LogP contribution < -0.4 is 5.56 Å². The molecule has 2 heterocycles. The number of carbonyl (C=O) groups excluding carboxylic acids is 1. The van der Waals surface area contributed by atoms with Crippen LogP contribution in [0.3, 0.4) is 0 Å². The Bertz CT molecular complexity index is 814. The van der Waals surface area contributed by atoms with Crippen LogP contribution in [0.4, 0.5) is 0 Å². The van der Waals surface area contributed by atoms with Gasteiger partial charge in [-0.05, 0) is 30.4 Å². The Morgan fingerprint density at radius 3 is 2.74 bits per heavy atom. The van der Waals surface area contributed by atoms with E-state index in [1.165, 1.54) is 18.3 Å². The smallest absolute Gasteiger partial charge is 0.271 e. The lowest BCUT2D eigenvalue weighted by atomic mass is 10.0. The first-order chi connectivity index (χ1) is 11.0. The molecule has 5 nitrogen and oxygen atoms in total. The van der Waals surface area contributed by atoms with Crippen molar-refractivity contribution in [1.29, 1.82) is 5.26 Å². The summed E-state index contributed by atoms with van der Waals surface area (Å²) in [6, 6.07) is 5.27. The van der Waals surface area contributed by atoms with Crippen molar-refractivity contribution in [2.24, 2.45) is 0 Å². The number of carbonyl (C=O) groups is 1. The molecule has 0 fully saturated rings. The lowest BCUT2D eigenvalue weighted by Crippen LogP contribution is -2.26. The third-order valence-corrected chi connectivity index (χ3v) is 4.63. The van der Waals surface area contributed by atoms with Crippen LogP contribution in [-0.4, -0.2) is 15.5 Å². The molecule has 0 unspecified atom stereocenters. The molecule has 0 aliphatic rings. The highest BCUT2D eigenvalue weighted by atomic mass is 32.1. The Labute approximate surface area is 138 Å². The van der Waals surface area contributed by atoms with Gasteiger partial charge < -0.3 is 5.11 Å². The van der Waals surface area contributed by atoms with E-state index in [1.54, 1.807) is 17.5 Å². The van der Waals surface area contributed by atoms with Crippen molar-refractivity contribution >= 4 is 17.1 Å². The van der Waals surface area contributed by atoms with Crippen molar-refractivity contribution in [3.8, 4) is 11.9 Å². The van der Waals surface area contributed by atoms with Gasteiger partial charge in [-0.15, -0.1) is 11.3 Å². The molecule has 0 aliphatic carbocycles. The summed E-state index contributed by atoms with van der Waals surface area (Å²) in [4.78, 5) is 25.5. The lowest BCUT2D eigenvalue weighted by molar-refractivity contribution is 0.103. The van der Waals surface area contributed by atoms with Crippen LogP contribution in [0.1, 0.15) is 52.5 Å². The Hall–Kier alpha value is -2.39. The Kier molecular flexibility index (Phi) is 5.35. The fraction of sp³-hybridized carbons (Fsp3) is 0.353. The normalized spacial score (nSPS) is 10.5. The van der Waals surface area contributed by atoms with Gasteiger partial charge in [0, 0.05) is 6.54 Å². The maximum absolute atomic E-state index is 12.6. The van der Waals surface area contributed by atoms with Gasteiger partial charge in [-0.25, -0.2) is 0 Å². The summed E-state index contributed by atoms with van der Waals surface area (Å²) in [7, 11) is 0. The number of aromatic nitrogens is 1. The van der Waals surface area contributed by atoms with Crippen molar-refractivity contribution in [3.05, 3.63) is 49.4 Å². The zero-order valence-corrected chi connectivity index (χ0v) is 13.9. The molecule has 2 rings (SSSR count). The van der Waals surface area contributed by atoms with Crippen molar-refractivity contribution in [1.82, 2.24) is 4.57 Å². The maximum atomic E-state index is 12.6. The third kappa shape index (κ3) is 3.20. The van der Waals surface area contributed by atoms with E-state index < -0.39 is 5.56 Å². The van der Waals surface area contributed by atoms with Gasteiger partial charge in [-0.1, -0.05) is 25.8 Å². The number of thiophene rings is 1. The van der Waals surface area contributed by atoms with E-state index in [2.05, 4.69) is 0 Å². The maximum Gasteiger partial charge on any atom is 0.271 e. The molecule has 6 heteroatoms. The summed E-state index contributed by atoms with van der Waals surface area (Å²) < 4.78 is 1.14. The van der Waals surface area contributed by atoms with E-state index in [4.69, 9.17) is 0 Å². The standard InChI is InChI=1S/C17H18N2O3S/c1-3-4-5-8-19-16(21)12(10-18)11(2)14(17(19)22)15(20)13-7-6-9-23-13/h6-7,9,22H,3-5,8H2,1-2H3. The number of nitriles is 1. The first-order valence-electron chi connectivity index (χ1n) is 7.47. The molecular weight excluding hydrogens is 312 g/mol. The number of hydrogen-bond donors (Lipinski definition) is 1. The van der Waals surface area contributed by atoms with E-state index in [1.807, 2.05) is 13.0 Å². The largest absolute Gasteiger partial charge is 0.494 e. The minimum absolute atomic E-state index is 0.0418. The molecule has 0 spiro atoms. The highest BCUT2D eigenvalue weighted by Gasteiger charge is 2.25. The summed E-state index contributed by atoms with van der Waals surface area (Å²) in [5.74, 6) is -0.711. The molecule has 0 amide bonds. The van der Waals surface area contributed by atoms with Crippen molar-refractivity contribution in [2.45, 2.75) is 39.7 Å². The van der Waals surface area contributed by atoms with Crippen LogP contribution in [0.5, 0.6) is 5.88 Å². The molecule has 0 saturated carbocycles. The highest BCUT2D eigenvalue weighted by Crippen LogP contribution is 2.26. The minimum atomic E-state index is -0.540. The number of hydrogen-bond acceptors (Lipinski definition) is 5. The van der Waals surface area contributed by atoms with Crippen LogP contribution in [-0.2, 0) is 6.54 Å². The number of ketones is 1. The highest BCUT2D eigenvalue weighted by molar-refractivity contribution is 7.12. The summed E-state index contributed by atoms with van der Waals surface area (Å²) in [5, 5.41) is 21.5. The molecule has 0 saturated heterocycles. The third-order valence-electron chi connectivity index (χ3n) is 3.76. The van der Waals surface area contributed by atoms with Gasteiger partial charge >= 0.3 is 0 Å². The second kappa shape index (κ2) is 7.25. The SMILES string of the molecule is CCCCCn1c(O)c(C(=O)c2cccs2)c(C)c(C#N)c1=O. The predicted octanol–water partition coefficient (Wildman–Crippen LogP) is 3.22. The number of pyridine rings is 1. The second-order valence-corrected chi connectivity index (χ2v) is 6.23. The average Bonchev–Trinajstić information content (AvgIpc) is 3.05. The summed E-state index contributed by atoms with van der Waals surface area (Å²) >= 11 is 1.26. The van der Waals surface area contributed by atoms with Gasteiger partial charge in [0.25, 0.3) is 5.56 Å². The lowest BCUT2D eigenvalue weighted by Gasteiger charge is -2.15. The van der Waals surface area contributed by atoms with Gasteiger partial charge in [0.2, 0.25) is 11.7 Å². The van der Waals surface area contributed by atoms with Crippen LogP contribution in [0.25, 0.3) is 0 Å². The van der Waals surface area contributed by atoms with Gasteiger partial charge in [0.1, 0.15) is 11.6 Å². The van der Waals surface area contributed by atoms with Gasteiger partial charge in [-0.2, -0.15) is 5.26 Å². The summed E-state index contributed by atoms with van der Waals surface area (Å²) in [5.41, 5.74) is -0.347. The molecule has 1 N–H and O–H groups in total. The molecule has 23 heavy (non-hydrogen) atoms. The molecule has 0 atom stereocenters. The molecule has 0 radical (unpaired) electrons. The predicted molar refractivity (Wildman–Crippen MR) is 89.1 cm³/mol. The quantitative estimate of drug-likeness (QED) is 0.651. The Morgan fingerprint density at radius 2 is 2.17 bits per heavy atom. The van der Waals surface area contributed by atoms with Crippen molar-refractivity contribution in [2.75, 3.05) is 0 Å². The first kappa shape index (κ1) is 17.0. The van der Waals surface area contributed by atoms with E-state index in [9.17, 15) is 20.0 Å². The monoisotopic (exact) mass is 330 g/mol. The Morgan fingerprint density at radius 1 is 1.43 bits per heavy atom. The second-order valence-electron chi connectivity index (χ2n) is 5.28. The molecule has 2 aromatic heterocycles. The van der Waals surface area contributed by atoms with Crippen LogP contribution in [0, 0.1) is 18.3 Å². The molecule has 0 aliphatic heterocycles. The van der Waals surface area contributed by atoms with E-state index in [0.29, 0.717) is 11.3 Å². The number of rotatable bonds is 6. The van der Waals surface area contributed by atoms with E-state index in [0.717, 1.165) is 17.4 Å². The van der Waals surface area contributed by atoms with Crippen LogP contribution >= 0.6 is 11.3 Å². The van der Waals surface area contributed by atoms with Crippen molar-refractivity contribution < 1.29 is 9.90 Å². The van der Waals surface area contributed by atoms with Gasteiger partial charge in [0.15, 0.2) is 0 Å². The molecule has 120 valence electrons. The minimum Gasteiger partial charge on any atom is -0.494 e. The van der Waals surface area contributed by atoms with E-state index in [-0.39, 0.29) is 34.9 Å². The topological polar surface area (TPSA) is 83.1 Å². The molecule has 2 aromatic rings. The van der Waals surface area contributed by atoms with Crippen molar-refractivity contribution in [3.63, 3.8) is 0 Å². The molecule has 0 bridgehead atoms. The first-order valence-corrected chi connectivity index (χ1v) is 8.35. The van der Waals surface area contributed by atoms with Gasteiger partial charge in [0.05, 0.1) is 10.4 Å². The number of aromatic hydroxyl groups is 1. The number of nitrogens with zero attached hydrogens (tertiary/aromatic N) is 2. The number of unbranched alkanes of at least 4 members (excludes halogenated alkanes) is 2. The van der Waals surface area contributed by atoms with E-state index >= 15 is 0 Å².